The van der Waals surface area contributed by atoms with Gasteiger partial charge in [-0.1, -0.05) is 0 Å². The van der Waals surface area contributed by atoms with Crippen molar-refractivity contribution in [1.82, 2.24) is 34.7 Å². The van der Waals surface area contributed by atoms with Gasteiger partial charge in [-0.05, 0) is 24.3 Å². The lowest BCUT2D eigenvalue weighted by atomic mass is 10.3. The van der Waals surface area contributed by atoms with E-state index in [9.17, 15) is 0 Å². The normalized spacial score (nSPS) is 15.8. The molecule has 1 fully saturated rings. The van der Waals surface area contributed by atoms with Gasteiger partial charge in [0.05, 0.1) is 5.69 Å². The molecule has 0 bridgehead atoms. The molecule has 8 nitrogen and oxygen atoms in total. The summed E-state index contributed by atoms with van der Waals surface area (Å²) in [6.45, 7) is 4.86. The summed E-state index contributed by atoms with van der Waals surface area (Å²) < 4.78 is 3.65. The fraction of sp³-hybridized carbons (Fsp3) is 0.375. The Labute approximate surface area is 140 Å². The molecule has 3 aromatic heterocycles. The van der Waals surface area contributed by atoms with E-state index >= 15 is 0 Å². The number of nitrogens with zero attached hydrogens (tertiary/aromatic N) is 8. The average Bonchev–Trinajstić information content (AvgIpc) is 3.29. The van der Waals surface area contributed by atoms with Gasteiger partial charge < -0.3 is 4.90 Å². The first kappa shape index (κ1) is 14.8. The van der Waals surface area contributed by atoms with Crippen LogP contribution in [0.1, 0.15) is 5.69 Å². The maximum atomic E-state index is 4.36. The second-order valence-corrected chi connectivity index (χ2v) is 5.91. The standard InChI is InChI=1S/C16H20N8/c1-21-14(5-7-17-21)13-22-9-11-23(12-10-22)15-3-4-16(20-19-15)24-8-2-6-18-24/h2-8H,9-13H2,1H3. The van der Waals surface area contributed by atoms with Crippen LogP contribution in [0.5, 0.6) is 0 Å². The van der Waals surface area contributed by atoms with Crippen molar-refractivity contribution in [2.75, 3.05) is 31.1 Å². The lowest BCUT2D eigenvalue weighted by molar-refractivity contribution is 0.243. The number of hydrogen-bond acceptors (Lipinski definition) is 6. The van der Waals surface area contributed by atoms with Crippen LogP contribution in [0.3, 0.4) is 0 Å². The second kappa shape index (κ2) is 6.40. The molecule has 0 atom stereocenters. The molecule has 0 amide bonds. The molecule has 0 aliphatic carbocycles. The Hall–Kier alpha value is -2.74. The third-order valence-corrected chi connectivity index (χ3v) is 4.38. The molecule has 0 spiro atoms. The summed E-state index contributed by atoms with van der Waals surface area (Å²) in [6.07, 6.45) is 5.44. The molecule has 1 aliphatic heterocycles. The summed E-state index contributed by atoms with van der Waals surface area (Å²) in [6, 6.07) is 7.92. The average molecular weight is 324 g/mol. The first-order chi connectivity index (χ1) is 11.8. The lowest BCUT2D eigenvalue weighted by Gasteiger charge is -2.35. The molecular weight excluding hydrogens is 304 g/mol. The molecule has 124 valence electrons. The van der Waals surface area contributed by atoms with E-state index in [0.717, 1.165) is 44.4 Å². The highest BCUT2D eigenvalue weighted by Crippen LogP contribution is 2.15. The van der Waals surface area contributed by atoms with Crippen LogP contribution >= 0.6 is 0 Å². The van der Waals surface area contributed by atoms with Gasteiger partial charge in [0.15, 0.2) is 11.6 Å². The zero-order chi connectivity index (χ0) is 16.4. The van der Waals surface area contributed by atoms with Crippen LogP contribution < -0.4 is 4.90 Å². The van der Waals surface area contributed by atoms with E-state index in [2.05, 4.69) is 36.3 Å². The maximum absolute atomic E-state index is 4.36. The van der Waals surface area contributed by atoms with Gasteiger partial charge in [-0.3, -0.25) is 9.58 Å². The minimum absolute atomic E-state index is 0.735. The summed E-state index contributed by atoms with van der Waals surface area (Å²) in [5, 5.41) is 17.0. The van der Waals surface area contributed by atoms with Gasteiger partial charge in [-0.15, -0.1) is 10.2 Å². The Kier molecular flexibility index (Phi) is 3.96. The molecule has 0 saturated carbocycles. The number of rotatable bonds is 4. The fourth-order valence-electron chi connectivity index (χ4n) is 2.93. The molecule has 4 rings (SSSR count). The number of aryl methyl sites for hydroxylation is 1. The quantitative estimate of drug-likeness (QED) is 0.704. The number of anilines is 1. The topological polar surface area (TPSA) is 67.9 Å². The van der Waals surface area contributed by atoms with Gasteiger partial charge in [0.2, 0.25) is 0 Å². The van der Waals surface area contributed by atoms with Crippen LogP contribution in [-0.2, 0) is 13.6 Å². The lowest BCUT2D eigenvalue weighted by Crippen LogP contribution is -2.46. The van der Waals surface area contributed by atoms with E-state index in [1.54, 1.807) is 10.9 Å². The van der Waals surface area contributed by atoms with Crippen LogP contribution in [-0.4, -0.2) is 60.8 Å². The van der Waals surface area contributed by atoms with Crippen molar-refractivity contribution in [2.45, 2.75) is 6.54 Å². The van der Waals surface area contributed by atoms with E-state index in [1.165, 1.54) is 5.69 Å². The molecule has 0 N–H and O–H groups in total. The SMILES string of the molecule is Cn1nccc1CN1CCN(c2ccc(-n3cccn3)nn2)CC1. The smallest absolute Gasteiger partial charge is 0.175 e. The molecule has 0 unspecified atom stereocenters. The van der Waals surface area contributed by atoms with Crippen molar-refractivity contribution in [1.29, 1.82) is 0 Å². The molecule has 1 saturated heterocycles. The number of hydrogen-bond donors (Lipinski definition) is 0. The first-order valence-electron chi connectivity index (χ1n) is 8.07. The number of piperazine rings is 1. The van der Waals surface area contributed by atoms with Gasteiger partial charge >= 0.3 is 0 Å². The van der Waals surface area contributed by atoms with Crippen molar-refractivity contribution in [3.8, 4) is 5.82 Å². The van der Waals surface area contributed by atoms with Crippen LogP contribution in [0, 0.1) is 0 Å². The summed E-state index contributed by atoms with van der Waals surface area (Å²) in [5.41, 5.74) is 1.24. The fourth-order valence-corrected chi connectivity index (χ4v) is 2.93. The highest BCUT2D eigenvalue weighted by atomic mass is 15.4. The predicted octanol–water partition coefficient (Wildman–Crippen LogP) is 0.718. The molecule has 1 aliphatic rings. The molecular formula is C16H20N8. The summed E-state index contributed by atoms with van der Waals surface area (Å²) >= 11 is 0. The zero-order valence-electron chi connectivity index (χ0n) is 13.7. The van der Waals surface area contributed by atoms with E-state index in [-0.39, 0.29) is 0 Å². The minimum Gasteiger partial charge on any atom is -0.353 e. The first-order valence-corrected chi connectivity index (χ1v) is 8.07. The van der Waals surface area contributed by atoms with Crippen molar-refractivity contribution in [3.63, 3.8) is 0 Å². The van der Waals surface area contributed by atoms with Gasteiger partial charge in [0.25, 0.3) is 0 Å². The predicted molar refractivity (Wildman–Crippen MR) is 89.9 cm³/mol. The Balaban J connectivity index is 1.36. The summed E-state index contributed by atoms with van der Waals surface area (Å²) in [4.78, 5) is 4.72. The van der Waals surface area contributed by atoms with Crippen molar-refractivity contribution in [2.24, 2.45) is 7.05 Å². The second-order valence-electron chi connectivity index (χ2n) is 5.91. The number of aromatic nitrogens is 6. The Morgan fingerprint density at radius 3 is 2.33 bits per heavy atom. The Bertz CT molecular complexity index is 769. The Morgan fingerprint density at radius 2 is 1.71 bits per heavy atom. The van der Waals surface area contributed by atoms with Crippen molar-refractivity contribution < 1.29 is 0 Å². The largest absolute Gasteiger partial charge is 0.353 e. The minimum atomic E-state index is 0.735. The monoisotopic (exact) mass is 324 g/mol. The molecule has 24 heavy (non-hydrogen) atoms. The maximum Gasteiger partial charge on any atom is 0.175 e. The highest BCUT2D eigenvalue weighted by Gasteiger charge is 2.19. The van der Waals surface area contributed by atoms with Gasteiger partial charge in [-0.2, -0.15) is 10.2 Å². The van der Waals surface area contributed by atoms with Gasteiger partial charge in [0, 0.05) is 58.4 Å². The highest BCUT2D eigenvalue weighted by molar-refractivity contribution is 5.40. The third-order valence-electron chi connectivity index (χ3n) is 4.38. The molecule has 0 aromatic carbocycles. The molecule has 8 heteroatoms. The molecule has 4 heterocycles. The Morgan fingerprint density at radius 1 is 0.917 bits per heavy atom. The van der Waals surface area contributed by atoms with Gasteiger partial charge in [0.1, 0.15) is 0 Å². The molecule has 3 aromatic rings. The van der Waals surface area contributed by atoms with Crippen LogP contribution in [0.4, 0.5) is 5.82 Å². The summed E-state index contributed by atoms with van der Waals surface area (Å²) in [7, 11) is 1.99. The zero-order valence-corrected chi connectivity index (χ0v) is 13.7. The van der Waals surface area contributed by atoms with Crippen LogP contribution in [0.25, 0.3) is 5.82 Å². The third kappa shape index (κ3) is 3.00. The van der Waals surface area contributed by atoms with Crippen LogP contribution in [0.15, 0.2) is 42.9 Å². The van der Waals surface area contributed by atoms with E-state index < -0.39 is 0 Å². The van der Waals surface area contributed by atoms with E-state index in [1.807, 2.05) is 42.3 Å². The van der Waals surface area contributed by atoms with E-state index in [0.29, 0.717) is 0 Å². The van der Waals surface area contributed by atoms with E-state index in [4.69, 9.17) is 0 Å². The summed E-state index contributed by atoms with van der Waals surface area (Å²) in [5.74, 6) is 1.66. The van der Waals surface area contributed by atoms with Crippen molar-refractivity contribution in [3.05, 3.63) is 48.5 Å². The van der Waals surface area contributed by atoms with Gasteiger partial charge in [-0.25, -0.2) is 4.68 Å². The van der Waals surface area contributed by atoms with Crippen molar-refractivity contribution >= 4 is 5.82 Å². The molecule has 0 radical (unpaired) electrons. The van der Waals surface area contributed by atoms with Crippen LogP contribution in [0.2, 0.25) is 0 Å².